The highest BCUT2D eigenvalue weighted by Gasteiger charge is 2.16. The summed E-state index contributed by atoms with van der Waals surface area (Å²) in [4.78, 5) is 12.3. The maximum absolute atomic E-state index is 6.24. The average Bonchev–Trinajstić information content (AvgIpc) is 2.51. The number of nitrogens with zero attached hydrogens (tertiary/aromatic N) is 3. The zero-order valence-electron chi connectivity index (χ0n) is 11.3. The zero-order chi connectivity index (χ0) is 15.7. The van der Waals surface area contributed by atoms with Crippen LogP contribution in [0.2, 0.25) is 10.0 Å². The van der Waals surface area contributed by atoms with E-state index in [0.717, 1.165) is 11.1 Å². The highest BCUT2D eigenvalue weighted by molar-refractivity contribution is 6.34. The number of pyridine rings is 3. The number of rotatable bonds is 2. The Morgan fingerprint density at radius 1 is 0.818 bits per heavy atom. The first kappa shape index (κ1) is 14.6. The summed E-state index contributed by atoms with van der Waals surface area (Å²) in [6.07, 6.45) is 6.38. The SMILES string of the molecule is Nc1cc(-c2ccncc2Cl)c(-c2ccncc2Cl)nc1N. The molecule has 4 N–H and O–H groups in total. The monoisotopic (exact) mass is 331 g/mol. The molecule has 0 unspecified atom stereocenters. The fraction of sp³-hybridized carbons (Fsp3) is 0. The quantitative estimate of drug-likeness (QED) is 0.747. The molecule has 0 aliphatic carbocycles. The van der Waals surface area contributed by atoms with Crippen molar-refractivity contribution >= 4 is 34.7 Å². The van der Waals surface area contributed by atoms with Crippen LogP contribution in [-0.2, 0) is 0 Å². The number of halogens is 2. The average molecular weight is 332 g/mol. The number of aromatic nitrogens is 3. The van der Waals surface area contributed by atoms with E-state index in [2.05, 4.69) is 15.0 Å². The molecule has 0 fully saturated rings. The topological polar surface area (TPSA) is 90.7 Å². The largest absolute Gasteiger partial charge is 0.396 e. The van der Waals surface area contributed by atoms with Crippen molar-refractivity contribution in [2.75, 3.05) is 11.5 Å². The van der Waals surface area contributed by atoms with E-state index in [1.165, 1.54) is 0 Å². The van der Waals surface area contributed by atoms with Crippen LogP contribution in [0.5, 0.6) is 0 Å². The first-order chi connectivity index (χ1) is 10.6. The summed E-state index contributed by atoms with van der Waals surface area (Å²) in [6.45, 7) is 0. The van der Waals surface area contributed by atoms with Crippen molar-refractivity contribution in [2.45, 2.75) is 0 Å². The maximum atomic E-state index is 6.24. The molecule has 3 aromatic rings. The first-order valence-corrected chi connectivity index (χ1v) is 7.09. The molecule has 0 spiro atoms. The van der Waals surface area contributed by atoms with Crippen LogP contribution in [0.3, 0.4) is 0 Å². The van der Waals surface area contributed by atoms with Gasteiger partial charge in [-0.3, -0.25) is 9.97 Å². The standard InChI is InChI=1S/C15H11Cl2N5/c16-11-6-20-3-1-8(11)10-5-13(18)15(19)22-14(10)9-2-4-21-7-12(9)17/h1-7H,18H2,(H2,19,22). The van der Waals surface area contributed by atoms with E-state index in [1.54, 1.807) is 43.0 Å². The van der Waals surface area contributed by atoms with Gasteiger partial charge < -0.3 is 11.5 Å². The predicted molar refractivity (Wildman–Crippen MR) is 89.5 cm³/mol. The lowest BCUT2D eigenvalue weighted by atomic mass is 10.00. The number of nitrogens with two attached hydrogens (primary N) is 2. The molecule has 0 aliphatic rings. The molecule has 3 aromatic heterocycles. The lowest BCUT2D eigenvalue weighted by Gasteiger charge is -2.13. The molecule has 0 aromatic carbocycles. The smallest absolute Gasteiger partial charge is 0.147 e. The van der Waals surface area contributed by atoms with E-state index >= 15 is 0 Å². The van der Waals surface area contributed by atoms with Gasteiger partial charge in [-0.15, -0.1) is 0 Å². The summed E-state index contributed by atoms with van der Waals surface area (Å²) in [7, 11) is 0. The second kappa shape index (κ2) is 5.79. The molecule has 0 amide bonds. The molecule has 0 saturated heterocycles. The molecule has 0 atom stereocenters. The van der Waals surface area contributed by atoms with Crippen molar-refractivity contribution in [3.63, 3.8) is 0 Å². The fourth-order valence-corrected chi connectivity index (χ4v) is 2.54. The molecule has 3 heterocycles. The van der Waals surface area contributed by atoms with Gasteiger partial charge in [0.05, 0.1) is 21.4 Å². The Morgan fingerprint density at radius 2 is 1.41 bits per heavy atom. The van der Waals surface area contributed by atoms with Gasteiger partial charge in [0.1, 0.15) is 5.82 Å². The molecule has 3 rings (SSSR count). The third kappa shape index (κ3) is 2.56. The van der Waals surface area contributed by atoms with E-state index in [1.807, 2.05) is 0 Å². The summed E-state index contributed by atoms with van der Waals surface area (Å²) in [6, 6.07) is 5.28. The maximum Gasteiger partial charge on any atom is 0.147 e. The van der Waals surface area contributed by atoms with Crippen molar-refractivity contribution < 1.29 is 0 Å². The summed E-state index contributed by atoms with van der Waals surface area (Å²) >= 11 is 12.5. The van der Waals surface area contributed by atoms with Crippen LogP contribution in [0.1, 0.15) is 0 Å². The minimum absolute atomic E-state index is 0.233. The molecule has 0 radical (unpaired) electrons. The Hall–Kier alpha value is -2.37. The van der Waals surface area contributed by atoms with Gasteiger partial charge >= 0.3 is 0 Å². The Bertz CT molecular complexity index is 781. The molecule has 7 heteroatoms. The van der Waals surface area contributed by atoms with Crippen LogP contribution >= 0.6 is 23.2 Å². The Labute approximate surface area is 136 Å². The van der Waals surface area contributed by atoms with Crippen molar-refractivity contribution in [1.29, 1.82) is 0 Å². The first-order valence-electron chi connectivity index (χ1n) is 6.33. The molecule has 0 bridgehead atoms. The van der Waals surface area contributed by atoms with Crippen LogP contribution < -0.4 is 11.5 Å². The van der Waals surface area contributed by atoms with Crippen LogP contribution in [0.4, 0.5) is 11.5 Å². The lowest BCUT2D eigenvalue weighted by Crippen LogP contribution is -2.02. The second-order valence-corrected chi connectivity index (χ2v) is 5.38. The highest BCUT2D eigenvalue weighted by Crippen LogP contribution is 2.39. The Morgan fingerprint density at radius 3 is 2.00 bits per heavy atom. The Kier molecular flexibility index (Phi) is 3.83. The van der Waals surface area contributed by atoms with Crippen molar-refractivity contribution in [3.8, 4) is 22.4 Å². The van der Waals surface area contributed by atoms with Gasteiger partial charge in [-0.1, -0.05) is 23.2 Å². The summed E-state index contributed by atoms with van der Waals surface area (Å²) in [5, 5.41) is 0.950. The minimum atomic E-state index is 0.233. The third-order valence-corrected chi connectivity index (χ3v) is 3.78. The van der Waals surface area contributed by atoms with E-state index in [9.17, 15) is 0 Å². The molecule has 110 valence electrons. The third-order valence-electron chi connectivity index (χ3n) is 3.17. The minimum Gasteiger partial charge on any atom is -0.396 e. The molecular formula is C15H11Cl2N5. The number of anilines is 2. The molecular weight excluding hydrogens is 321 g/mol. The summed E-state index contributed by atoms with van der Waals surface area (Å²) in [5.74, 6) is 0.233. The molecule has 0 saturated carbocycles. The van der Waals surface area contributed by atoms with Crippen molar-refractivity contribution in [1.82, 2.24) is 15.0 Å². The van der Waals surface area contributed by atoms with E-state index in [-0.39, 0.29) is 5.82 Å². The summed E-state index contributed by atoms with van der Waals surface area (Å²) < 4.78 is 0. The van der Waals surface area contributed by atoms with Gasteiger partial charge in [0.25, 0.3) is 0 Å². The van der Waals surface area contributed by atoms with Gasteiger partial charge in [0, 0.05) is 41.5 Å². The molecule has 0 aliphatic heterocycles. The van der Waals surface area contributed by atoms with Gasteiger partial charge in [-0.05, 0) is 18.2 Å². The number of hydrogen-bond donors (Lipinski definition) is 2. The van der Waals surface area contributed by atoms with Crippen LogP contribution in [0, 0.1) is 0 Å². The highest BCUT2D eigenvalue weighted by atomic mass is 35.5. The second-order valence-electron chi connectivity index (χ2n) is 4.57. The predicted octanol–water partition coefficient (Wildman–Crippen LogP) is 3.68. The van der Waals surface area contributed by atoms with Gasteiger partial charge in [-0.2, -0.15) is 0 Å². The number of nitrogen functional groups attached to an aromatic ring is 2. The molecule has 5 nitrogen and oxygen atoms in total. The van der Waals surface area contributed by atoms with Crippen molar-refractivity contribution in [3.05, 3.63) is 53.0 Å². The molecule has 22 heavy (non-hydrogen) atoms. The normalized spacial score (nSPS) is 10.6. The summed E-state index contributed by atoms with van der Waals surface area (Å²) in [5.41, 5.74) is 14.9. The Balaban J connectivity index is 2.33. The zero-order valence-corrected chi connectivity index (χ0v) is 12.8. The van der Waals surface area contributed by atoms with Gasteiger partial charge in [-0.25, -0.2) is 4.98 Å². The van der Waals surface area contributed by atoms with E-state index in [4.69, 9.17) is 34.7 Å². The number of hydrogen-bond acceptors (Lipinski definition) is 5. The van der Waals surface area contributed by atoms with Crippen molar-refractivity contribution in [2.24, 2.45) is 0 Å². The van der Waals surface area contributed by atoms with Gasteiger partial charge in [0.2, 0.25) is 0 Å². The van der Waals surface area contributed by atoms with Crippen LogP contribution in [0.15, 0.2) is 43.0 Å². The van der Waals surface area contributed by atoms with Gasteiger partial charge in [0.15, 0.2) is 0 Å². The van der Waals surface area contributed by atoms with Crippen LogP contribution in [-0.4, -0.2) is 15.0 Å². The van der Waals surface area contributed by atoms with E-state index < -0.39 is 0 Å². The van der Waals surface area contributed by atoms with Crippen LogP contribution in [0.25, 0.3) is 22.4 Å². The lowest BCUT2D eigenvalue weighted by molar-refractivity contribution is 1.28. The fourth-order valence-electron chi connectivity index (χ4n) is 2.11. The van der Waals surface area contributed by atoms with E-state index in [0.29, 0.717) is 27.0 Å².